The monoisotopic (exact) mass is 1330 g/mol. The summed E-state index contributed by atoms with van der Waals surface area (Å²) in [6.07, 6.45) is 15.6. The quantitative estimate of drug-likeness (QED) is 0.109. The fraction of sp³-hybridized carbons (Fsp3) is 0.280. The SMILES string of the molecule is CC(C)(C)c1ccc(N2c3ccc(C(C)(C)C)cc3B3c4c2cc(-c2c(-c5ccc(C6C7CC8CC(C7)CC6C8)cc5)cccc2-c2ccc(C56CC7CC(CC(C7)C5)C6)cc2)cc4-n2c4ccc(-c5ccccc5-c5ccccc5)cc4c4c5c6ccccc6c6ccccc6c5cc3c42)cc1. The highest BCUT2D eigenvalue weighted by Crippen LogP contribution is 2.63. The van der Waals surface area contributed by atoms with Crippen molar-refractivity contribution in [3.05, 3.63) is 271 Å². The van der Waals surface area contributed by atoms with Crippen LogP contribution in [0.5, 0.6) is 0 Å². The van der Waals surface area contributed by atoms with E-state index in [-0.39, 0.29) is 17.5 Å². The second-order valence-corrected chi connectivity index (χ2v) is 35.8. The Morgan fingerprint density at radius 3 is 1.52 bits per heavy atom. The van der Waals surface area contributed by atoms with Crippen molar-refractivity contribution in [3.8, 4) is 61.3 Å². The third-order valence-electron chi connectivity index (χ3n) is 27.8. The van der Waals surface area contributed by atoms with Gasteiger partial charge in [-0.1, -0.05) is 248 Å². The molecule has 1 aromatic heterocycles. The Hall–Kier alpha value is -9.70. The summed E-state index contributed by atoms with van der Waals surface area (Å²) in [6, 6.07) is 99.2. The Balaban J connectivity index is 0.854. The number of rotatable bonds is 8. The zero-order valence-corrected chi connectivity index (χ0v) is 60.5. The Bertz CT molecular complexity index is 5810. The van der Waals surface area contributed by atoms with Gasteiger partial charge in [0.25, 0.3) is 6.71 Å². The molecule has 0 spiro atoms. The van der Waals surface area contributed by atoms with E-state index in [9.17, 15) is 0 Å². The summed E-state index contributed by atoms with van der Waals surface area (Å²) in [7, 11) is 0. The highest BCUT2D eigenvalue weighted by molar-refractivity contribution is 7.00. The molecule has 0 atom stereocenters. The first-order valence-electron chi connectivity index (χ1n) is 39.3. The lowest BCUT2D eigenvalue weighted by Gasteiger charge is -2.57. The number of anilines is 3. The zero-order chi connectivity index (χ0) is 68.5. The van der Waals surface area contributed by atoms with Gasteiger partial charge in [-0.2, -0.15) is 0 Å². The predicted octanol–water partition coefficient (Wildman–Crippen LogP) is 24.8. The minimum absolute atomic E-state index is 0.0161. The third kappa shape index (κ3) is 9.18. The third-order valence-corrected chi connectivity index (χ3v) is 27.8. The molecule has 0 unspecified atom stereocenters. The molecule has 2 aliphatic heterocycles. The van der Waals surface area contributed by atoms with Crippen LogP contribution in [0.3, 0.4) is 0 Å². The summed E-state index contributed by atoms with van der Waals surface area (Å²) in [5.41, 5.74) is 30.2. The summed E-state index contributed by atoms with van der Waals surface area (Å²) in [6.45, 7) is 14.1. The molecular formula is C100H89BN2. The molecule has 103 heavy (non-hydrogen) atoms. The van der Waals surface area contributed by atoms with Crippen LogP contribution in [0.2, 0.25) is 0 Å². The smallest absolute Gasteiger partial charge is 0.252 e. The molecular weight excluding hydrogens is 1240 g/mol. The van der Waals surface area contributed by atoms with Crippen molar-refractivity contribution in [2.75, 3.05) is 4.90 Å². The zero-order valence-electron chi connectivity index (χ0n) is 60.5. The normalized spacial score (nSPS) is 23.4. The van der Waals surface area contributed by atoms with Crippen LogP contribution in [-0.4, -0.2) is 11.3 Å². The summed E-state index contributed by atoms with van der Waals surface area (Å²) in [4.78, 5) is 2.69. The Morgan fingerprint density at radius 1 is 0.359 bits per heavy atom. The summed E-state index contributed by atoms with van der Waals surface area (Å²) >= 11 is 0. The first-order valence-corrected chi connectivity index (χ1v) is 39.3. The van der Waals surface area contributed by atoms with E-state index in [1.54, 1.807) is 11.1 Å². The van der Waals surface area contributed by atoms with Crippen LogP contribution in [0.1, 0.15) is 140 Å². The molecule has 3 heterocycles. The number of hydrogen-bond acceptors (Lipinski definition) is 1. The molecule has 8 saturated carbocycles. The minimum atomic E-state index is -0.113. The van der Waals surface area contributed by atoms with Gasteiger partial charge in [0.1, 0.15) is 0 Å². The van der Waals surface area contributed by atoms with Gasteiger partial charge in [-0.05, 0) is 298 Å². The second-order valence-electron chi connectivity index (χ2n) is 35.8. The van der Waals surface area contributed by atoms with Crippen molar-refractivity contribution in [1.29, 1.82) is 0 Å². The summed E-state index contributed by atoms with van der Waals surface area (Å²) in [5, 5.41) is 10.4. The highest BCUT2D eigenvalue weighted by Gasteiger charge is 2.52. The van der Waals surface area contributed by atoms with Crippen LogP contribution in [-0.2, 0) is 16.2 Å². The Kier molecular flexibility index (Phi) is 13.1. The average molecular weight is 1330 g/mol. The van der Waals surface area contributed by atoms with E-state index < -0.39 is 0 Å². The van der Waals surface area contributed by atoms with Crippen molar-refractivity contribution in [1.82, 2.24) is 4.57 Å². The maximum atomic E-state index is 2.77. The first-order chi connectivity index (χ1) is 50.2. The molecule has 8 bridgehead atoms. The van der Waals surface area contributed by atoms with E-state index in [4.69, 9.17) is 0 Å². The second kappa shape index (κ2) is 22.2. The lowest BCUT2D eigenvalue weighted by atomic mass is 9.33. The number of aromatic nitrogens is 1. The molecule has 0 N–H and O–H groups in total. The maximum Gasteiger partial charge on any atom is 0.252 e. The van der Waals surface area contributed by atoms with Crippen molar-refractivity contribution < 1.29 is 0 Å². The lowest BCUT2D eigenvalue weighted by molar-refractivity contribution is -0.00518. The van der Waals surface area contributed by atoms with Gasteiger partial charge in [-0.25, -0.2) is 0 Å². The van der Waals surface area contributed by atoms with Crippen molar-refractivity contribution in [2.45, 2.75) is 134 Å². The van der Waals surface area contributed by atoms with Crippen LogP contribution in [0.4, 0.5) is 17.1 Å². The van der Waals surface area contributed by atoms with Gasteiger partial charge in [0.2, 0.25) is 0 Å². The maximum absolute atomic E-state index is 2.77. The van der Waals surface area contributed by atoms with Gasteiger partial charge < -0.3 is 9.47 Å². The topological polar surface area (TPSA) is 8.17 Å². The molecule has 14 aromatic rings. The molecule has 8 fully saturated rings. The molecule has 502 valence electrons. The molecule has 3 heteroatoms. The van der Waals surface area contributed by atoms with E-state index >= 15 is 0 Å². The number of fused-ring (bicyclic) bond motifs is 14. The Labute approximate surface area is 607 Å². The minimum Gasteiger partial charge on any atom is -0.311 e. The molecule has 2 nitrogen and oxygen atoms in total. The summed E-state index contributed by atoms with van der Waals surface area (Å²) < 4.78 is 2.77. The standard InChI is InChI=1S/C100H89BN2/c1-98(2,3)72-36-39-75(40-37-72)102-89-42-38-74(99(4,5)6)54-86(89)101-87-55-84-82-23-13-12-21-80(82)81-22-14-15-24-83(81)94(84)95-85-51-68(77-20-11-10-19-76(77)64-17-8-7-9-18-64)33-41-88(85)103(97(87)95)91-53-71(52-90(102)96(91)101)93-78(65-27-29-67(30-28-65)92-69-47-59-43-60(49-69)50-70(92)48-59)25-16-26-79(93)66-31-34-73(35-32-66)100-56-61-44-62(57-100)46-63(45-61)58-100/h7-42,51-55,59-63,69-70,92H,43-50,56-58H2,1-6H3. The largest absolute Gasteiger partial charge is 0.311 e. The fourth-order valence-corrected chi connectivity index (χ4v) is 23.9. The summed E-state index contributed by atoms with van der Waals surface area (Å²) in [5.74, 6) is 6.88. The van der Waals surface area contributed by atoms with Crippen LogP contribution in [0.15, 0.2) is 249 Å². The van der Waals surface area contributed by atoms with Crippen LogP contribution < -0.4 is 21.3 Å². The van der Waals surface area contributed by atoms with Gasteiger partial charge >= 0.3 is 0 Å². The molecule has 24 rings (SSSR count). The van der Waals surface area contributed by atoms with Crippen molar-refractivity contribution >= 4 is 94.3 Å². The van der Waals surface area contributed by atoms with E-state index in [2.05, 4.69) is 300 Å². The number of nitrogens with zero attached hydrogens (tertiary/aromatic N) is 2. The van der Waals surface area contributed by atoms with Crippen molar-refractivity contribution in [2.24, 2.45) is 41.4 Å². The van der Waals surface area contributed by atoms with Gasteiger partial charge in [0, 0.05) is 38.9 Å². The van der Waals surface area contributed by atoms with Crippen molar-refractivity contribution in [3.63, 3.8) is 0 Å². The molecule has 0 amide bonds. The van der Waals surface area contributed by atoms with Gasteiger partial charge in [0.15, 0.2) is 0 Å². The molecule has 8 aliphatic carbocycles. The first kappa shape index (κ1) is 60.8. The number of benzene rings is 13. The van der Waals surface area contributed by atoms with Gasteiger partial charge in [0.05, 0.1) is 11.0 Å². The van der Waals surface area contributed by atoms with E-state index in [1.807, 2.05) is 0 Å². The number of hydrogen-bond donors (Lipinski definition) is 0. The molecule has 0 saturated heterocycles. The fourth-order valence-electron chi connectivity index (χ4n) is 23.9. The van der Waals surface area contributed by atoms with Crippen LogP contribution >= 0.6 is 0 Å². The Morgan fingerprint density at radius 2 is 0.883 bits per heavy atom. The van der Waals surface area contributed by atoms with Crippen LogP contribution in [0, 0.1) is 41.4 Å². The average Bonchev–Trinajstić information content (AvgIpc) is 1.61. The van der Waals surface area contributed by atoms with Gasteiger partial charge in [-0.15, -0.1) is 0 Å². The molecule has 10 aliphatic rings. The van der Waals surface area contributed by atoms with Crippen LogP contribution in [0.25, 0.3) is 115 Å². The predicted molar refractivity (Wildman–Crippen MR) is 437 cm³/mol. The highest BCUT2D eigenvalue weighted by atomic mass is 15.2. The lowest BCUT2D eigenvalue weighted by Crippen LogP contribution is -2.60. The van der Waals surface area contributed by atoms with E-state index in [0.717, 1.165) is 41.4 Å². The van der Waals surface area contributed by atoms with E-state index in [1.165, 1.54) is 231 Å². The molecule has 0 radical (unpaired) electrons. The van der Waals surface area contributed by atoms with Gasteiger partial charge in [-0.3, -0.25) is 0 Å². The molecule has 13 aromatic carbocycles. The van der Waals surface area contributed by atoms with E-state index in [0.29, 0.717) is 11.3 Å².